The summed E-state index contributed by atoms with van der Waals surface area (Å²) in [6.45, 7) is 7.00. The van der Waals surface area contributed by atoms with E-state index in [1.165, 1.54) is 0 Å². The third-order valence-electron chi connectivity index (χ3n) is 3.31. The van der Waals surface area contributed by atoms with Crippen molar-refractivity contribution < 1.29 is 4.74 Å². The van der Waals surface area contributed by atoms with Crippen LogP contribution in [0.25, 0.3) is 0 Å². The Labute approximate surface area is 120 Å². The van der Waals surface area contributed by atoms with Gasteiger partial charge in [0.25, 0.3) is 0 Å². The maximum atomic E-state index is 5.39. The Balaban J connectivity index is 2.05. The highest BCUT2D eigenvalue weighted by atomic mass is 16.5. The standard InChI is InChI=1S/C15H22N4O/c1-11(2)19-15(17-10-18-19)9-16-12(3)13-7-5-6-8-14(13)20-4/h5-8,10-12,16H,9H2,1-4H3/t12-/m0/s1. The van der Waals surface area contributed by atoms with Gasteiger partial charge in [0.1, 0.15) is 17.9 Å². The van der Waals surface area contributed by atoms with Gasteiger partial charge in [0, 0.05) is 17.6 Å². The van der Waals surface area contributed by atoms with Crippen LogP contribution in [-0.4, -0.2) is 21.9 Å². The Kier molecular flexibility index (Phi) is 4.74. The van der Waals surface area contributed by atoms with Crippen molar-refractivity contribution in [1.29, 1.82) is 0 Å². The van der Waals surface area contributed by atoms with Crippen molar-refractivity contribution in [3.63, 3.8) is 0 Å². The normalized spacial score (nSPS) is 12.7. The Hall–Kier alpha value is -1.88. The molecule has 0 spiro atoms. The second-order valence-electron chi connectivity index (χ2n) is 5.06. The van der Waals surface area contributed by atoms with Crippen LogP contribution in [0.4, 0.5) is 0 Å². The Morgan fingerprint density at radius 3 is 2.70 bits per heavy atom. The SMILES string of the molecule is COc1ccccc1[C@H](C)NCc1ncnn1C(C)C. The van der Waals surface area contributed by atoms with Crippen LogP contribution >= 0.6 is 0 Å². The van der Waals surface area contributed by atoms with E-state index in [9.17, 15) is 0 Å². The molecular formula is C15H22N4O. The molecule has 0 radical (unpaired) electrons. The monoisotopic (exact) mass is 274 g/mol. The largest absolute Gasteiger partial charge is 0.496 e. The fraction of sp³-hybridized carbons (Fsp3) is 0.467. The molecule has 0 bridgehead atoms. The maximum absolute atomic E-state index is 5.39. The highest BCUT2D eigenvalue weighted by molar-refractivity contribution is 5.35. The van der Waals surface area contributed by atoms with Crippen LogP contribution in [0, 0.1) is 0 Å². The van der Waals surface area contributed by atoms with Crippen molar-refractivity contribution in [1.82, 2.24) is 20.1 Å². The number of nitrogens with zero attached hydrogens (tertiary/aromatic N) is 3. The number of rotatable bonds is 6. The Bertz CT molecular complexity index is 550. The van der Waals surface area contributed by atoms with Crippen molar-refractivity contribution in [2.45, 2.75) is 39.4 Å². The van der Waals surface area contributed by atoms with Crippen LogP contribution in [0.3, 0.4) is 0 Å². The highest BCUT2D eigenvalue weighted by Gasteiger charge is 2.12. The molecule has 0 amide bonds. The summed E-state index contributed by atoms with van der Waals surface area (Å²) < 4.78 is 7.32. The zero-order valence-corrected chi connectivity index (χ0v) is 12.5. The van der Waals surface area contributed by atoms with Crippen molar-refractivity contribution >= 4 is 0 Å². The van der Waals surface area contributed by atoms with Gasteiger partial charge in [-0.2, -0.15) is 5.10 Å². The molecule has 0 fully saturated rings. The van der Waals surface area contributed by atoms with E-state index in [4.69, 9.17) is 4.74 Å². The van der Waals surface area contributed by atoms with Gasteiger partial charge in [-0.15, -0.1) is 0 Å². The first kappa shape index (κ1) is 14.5. The molecule has 2 rings (SSSR count). The van der Waals surface area contributed by atoms with Crippen molar-refractivity contribution in [3.8, 4) is 5.75 Å². The van der Waals surface area contributed by atoms with Gasteiger partial charge in [-0.05, 0) is 26.8 Å². The number of hydrogen-bond donors (Lipinski definition) is 1. The summed E-state index contributed by atoms with van der Waals surface area (Å²) in [4.78, 5) is 4.30. The molecule has 0 aliphatic rings. The third-order valence-corrected chi connectivity index (χ3v) is 3.31. The number of para-hydroxylation sites is 1. The van der Waals surface area contributed by atoms with E-state index in [1.54, 1.807) is 13.4 Å². The summed E-state index contributed by atoms with van der Waals surface area (Å²) in [5.74, 6) is 1.85. The van der Waals surface area contributed by atoms with Gasteiger partial charge >= 0.3 is 0 Å². The van der Waals surface area contributed by atoms with E-state index in [0.29, 0.717) is 12.6 Å². The molecule has 2 aromatic rings. The van der Waals surface area contributed by atoms with Gasteiger partial charge in [0.2, 0.25) is 0 Å². The first-order valence-corrected chi connectivity index (χ1v) is 6.88. The lowest BCUT2D eigenvalue weighted by Gasteiger charge is -2.17. The molecule has 0 saturated carbocycles. The maximum Gasteiger partial charge on any atom is 0.141 e. The van der Waals surface area contributed by atoms with Crippen molar-refractivity contribution in [2.75, 3.05) is 7.11 Å². The fourth-order valence-electron chi connectivity index (χ4n) is 2.21. The topological polar surface area (TPSA) is 52.0 Å². The third kappa shape index (κ3) is 3.17. The molecule has 0 aliphatic carbocycles. The van der Waals surface area contributed by atoms with Crippen LogP contribution in [0.5, 0.6) is 5.75 Å². The summed E-state index contributed by atoms with van der Waals surface area (Å²) in [7, 11) is 1.70. The minimum atomic E-state index is 0.184. The zero-order valence-electron chi connectivity index (χ0n) is 12.5. The second-order valence-corrected chi connectivity index (χ2v) is 5.06. The van der Waals surface area contributed by atoms with Crippen molar-refractivity contribution in [3.05, 3.63) is 42.0 Å². The first-order chi connectivity index (χ1) is 9.63. The molecular weight excluding hydrogens is 252 g/mol. The lowest BCUT2D eigenvalue weighted by Crippen LogP contribution is -2.22. The number of methoxy groups -OCH3 is 1. The molecule has 0 unspecified atom stereocenters. The molecule has 1 atom stereocenters. The van der Waals surface area contributed by atoms with Crippen LogP contribution in [0.2, 0.25) is 0 Å². The van der Waals surface area contributed by atoms with Crippen LogP contribution < -0.4 is 10.1 Å². The Morgan fingerprint density at radius 2 is 2.00 bits per heavy atom. The summed E-state index contributed by atoms with van der Waals surface area (Å²) >= 11 is 0. The molecule has 1 aromatic carbocycles. The average Bonchev–Trinajstić information content (AvgIpc) is 2.93. The minimum absolute atomic E-state index is 0.184. The van der Waals surface area contributed by atoms with Gasteiger partial charge < -0.3 is 10.1 Å². The van der Waals surface area contributed by atoms with E-state index < -0.39 is 0 Å². The lowest BCUT2D eigenvalue weighted by atomic mass is 10.1. The number of benzene rings is 1. The van der Waals surface area contributed by atoms with Gasteiger partial charge in [0.15, 0.2) is 0 Å². The number of nitrogens with one attached hydrogen (secondary N) is 1. The van der Waals surface area contributed by atoms with E-state index in [-0.39, 0.29) is 6.04 Å². The molecule has 1 heterocycles. The van der Waals surface area contributed by atoms with Crippen LogP contribution in [-0.2, 0) is 6.54 Å². The quantitative estimate of drug-likeness (QED) is 0.880. The fourth-order valence-corrected chi connectivity index (χ4v) is 2.21. The number of hydrogen-bond acceptors (Lipinski definition) is 4. The van der Waals surface area contributed by atoms with Gasteiger partial charge in [-0.3, -0.25) is 0 Å². The van der Waals surface area contributed by atoms with E-state index in [2.05, 4.69) is 42.2 Å². The summed E-state index contributed by atoms with van der Waals surface area (Å²) in [6.07, 6.45) is 1.60. The molecule has 1 aromatic heterocycles. The van der Waals surface area contributed by atoms with Gasteiger partial charge in [0.05, 0.1) is 13.7 Å². The predicted molar refractivity (Wildman–Crippen MR) is 78.7 cm³/mol. The van der Waals surface area contributed by atoms with E-state index in [0.717, 1.165) is 17.1 Å². The smallest absolute Gasteiger partial charge is 0.141 e. The highest BCUT2D eigenvalue weighted by Crippen LogP contribution is 2.24. The molecule has 20 heavy (non-hydrogen) atoms. The second kappa shape index (κ2) is 6.52. The predicted octanol–water partition coefficient (Wildman–Crippen LogP) is 2.72. The average molecular weight is 274 g/mol. The van der Waals surface area contributed by atoms with Crippen molar-refractivity contribution in [2.24, 2.45) is 0 Å². The van der Waals surface area contributed by atoms with Crippen LogP contribution in [0.1, 0.15) is 44.2 Å². The summed E-state index contributed by atoms with van der Waals surface area (Å²) in [5, 5.41) is 7.71. The molecule has 5 nitrogen and oxygen atoms in total. The summed E-state index contributed by atoms with van der Waals surface area (Å²) in [5.41, 5.74) is 1.14. The van der Waals surface area contributed by atoms with Gasteiger partial charge in [-0.1, -0.05) is 18.2 Å². The Morgan fingerprint density at radius 1 is 1.25 bits per heavy atom. The molecule has 0 aliphatic heterocycles. The van der Waals surface area contributed by atoms with E-state index >= 15 is 0 Å². The molecule has 108 valence electrons. The molecule has 0 saturated heterocycles. The lowest BCUT2D eigenvalue weighted by molar-refractivity contribution is 0.399. The minimum Gasteiger partial charge on any atom is -0.496 e. The van der Waals surface area contributed by atoms with E-state index in [1.807, 2.05) is 22.9 Å². The number of aromatic nitrogens is 3. The first-order valence-electron chi connectivity index (χ1n) is 6.88. The molecule has 1 N–H and O–H groups in total. The number of ether oxygens (including phenoxy) is 1. The van der Waals surface area contributed by atoms with Crippen LogP contribution in [0.15, 0.2) is 30.6 Å². The van der Waals surface area contributed by atoms with Gasteiger partial charge in [-0.25, -0.2) is 9.67 Å². The summed E-state index contributed by atoms with van der Waals surface area (Å²) in [6, 6.07) is 8.55. The molecule has 5 heteroatoms. The zero-order chi connectivity index (χ0) is 14.5.